The summed E-state index contributed by atoms with van der Waals surface area (Å²) in [4.78, 5) is 2.69. The number of rotatable bonds is 8. The molecule has 2 unspecified atom stereocenters. The van der Waals surface area contributed by atoms with Gasteiger partial charge in [-0.3, -0.25) is 0 Å². The lowest BCUT2D eigenvalue weighted by Gasteiger charge is -2.50. The molecule has 37 atom stereocenters. The summed E-state index contributed by atoms with van der Waals surface area (Å²) in [6, 6.07) is 0.888. The maximum atomic E-state index is 11.3. The van der Waals surface area contributed by atoms with Crippen molar-refractivity contribution in [3.63, 3.8) is 0 Å². The quantitative estimate of drug-likeness (QED) is 0.100. The standard InChI is InChI=1S/C42H70O35.C12H23N.HI/c43-1-8-29-15(50)22(57)36(64-8)72-30-9(2-44)66-38(24(59)17(30)52)74-32-11(4-46)68-40(26(61)19(32)54)76-34-13(6-48)70-42(28(63)21(34)56)77-35-14(7-49)69-41(27(62)20(35)55)75-33-12(5-47)67-39(25(60)18(33)53)73-31-10(3-45)65-37(71-29)23(58)16(31)51;1-5-13-9-12(4)7-10(13)6-11(2,3)8-12;/h8-63H,1-7H2;10H,5-9H2,1-4H3;1H/t8-,9-,10-,11-,12-,13-,14-,15-,16-,17-,18-,19-,20-,21-,22-,23-,24-,25-,26-,27-,28+,29-,30-,31-,32-,33-,34-,35-,36-,37-,38-,39-,40-,41-,42-;;/m0../s1. The SMILES string of the molecule is CCN1CC2(C)CC1CC(C)(C)C2.I.OC[C@@H]1O[C@H]2O[C@@H]3[C@@H](O)[C@H](O)[C@H](O[C@@H]4[C@@H](O)[C@H](O)[C@H](O[C@@H]5[C@@H](O)[C@@H](O)[C@H](O[C@@H]6[C@@H](O)[C@H](O)[C@H](O[C@@H]7[C@@H](O)[C@H](O)[C@H](O[C@@H]8[C@@H](O)[C@H](O)[C@H](O[C@@H]1[C@@H](O)[C@@H]2O)O[C@H]8CO)O[C@H]7CO)O[C@H]6CO)O[C@H]5CO)O[C@H]4CO)O[C@H]3CO. The molecule has 22 aliphatic heterocycles. The van der Waals surface area contributed by atoms with Crippen molar-refractivity contribution in [1.82, 2.24) is 4.90 Å². The van der Waals surface area contributed by atoms with Crippen LogP contribution < -0.4 is 0 Å². The van der Waals surface area contributed by atoms with Crippen molar-refractivity contribution in [3.8, 4) is 0 Å². The minimum atomic E-state index is -2.21. The third kappa shape index (κ3) is 15.7. The first-order valence-corrected chi connectivity index (χ1v) is 30.3. The summed E-state index contributed by atoms with van der Waals surface area (Å²) in [5.74, 6) is 0. The molecule has 23 rings (SSSR count). The van der Waals surface area contributed by atoms with E-state index >= 15 is 0 Å². The van der Waals surface area contributed by atoms with Crippen LogP contribution >= 0.6 is 24.0 Å². The average molecular weight is 1440 g/mol. The Kier molecular flexibility index (Phi) is 26.5. The third-order valence-corrected chi connectivity index (χ3v) is 18.7. The van der Waals surface area contributed by atoms with E-state index in [0.29, 0.717) is 10.8 Å². The molecule has 1 saturated carbocycles. The highest BCUT2D eigenvalue weighted by molar-refractivity contribution is 14.0. The number of nitrogens with zero attached hydrogens (tertiary/aromatic N) is 1. The van der Waals surface area contributed by atoms with Gasteiger partial charge in [0.05, 0.1) is 46.2 Å². The first-order chi connectivity index (χ1) is 42.6. The van der Waals surface area contributed by atoms with Gasteiger partial charge in [-0.15, -0.1) is 24.0 Å². The maximum absolute atomic E-state index is 11.3. The lowest BCUT2D eigenvalue weighted by atomic mass is 9.65. The smallest absolute Gasteiger partial charge is 0.187 e. The summed E-state index contributed by atoms with van der Waals surface area (Å²) in [6.07, 6.45) is -66.0. The highest BCUT2D eigenvalue weighted by Crippen LogP contribution is 2.52. The van der Waals surface area contributed by atoms with E-state index in [-0.39, 0.29) is 24.0 Å². The second kappa shape index (κ2) is 31.7. The van der Waals surface area contributed by atoms with E-state index in [4.69, 9.17) is 66.3 Å². The predicted octanol–water partition coefficient (Wildman–Crippen LogP) is -11.7. The number of ether oxygens (including phenoxy) is 14. The van der Waals surface area contributed by atoms with Gasteiger partial charge < -0.3 is 178 Å². The Morgan fingerprint density at radius 2 is 0.484 bits per heavy atom. The second-order valence-corrected chi connectivity index (χ2v) is 25.9. The zero-order chi connectivity index (χ0) is 65.7. The minimum absolute atomic E-state index is 0. The number of halogens is 1. The summed E-state index contributed by atoms with van der Waals surface area (Å²) in [5.41, 5.74) is 1.21. The summed E-state index contributed by atoms with van der Waals surface area (Å²) < 4.78 is 79.5. The molecule has 0 amide bonds. The van der Waals surface area contributed by atoms with E-state index in [1.165, 1.54) is 32.4 Å². The fourth-order valence-corrected chi connectivity index (χ4v) is 14.4. The van der Waals surface area contributed by atoms with Gasteiger partial charge in [-0.2, -0.15) is 0 Å². The molecule has 23 aliphatic rings. The van der Waals surface area contributed by atoms with Gasteiger partial charge in [0.15, 0.2) is 44.0 Å². The Labute approximate surface area is 538 Å². The van der Waals surface area contributed by atoms with Gasteiger partial charge in [0.25, 0.3) is 0 Å². The molecule has 22 heterocycles. The van der Waals surface area contributed by atoms with E-state index in [1.807, 2.05) is 0 Å². The van der Waals surface area contributed by atoms with Crippen LogP contribution in [-0.2, 0) is 66.3 Å². The van der Waals surface area contributed by atoms with E-state index in [1.54, 1.807) is 0 Å². The van der Waals surface area contributed by atoms with Crippen molar-refractivity contribution < 1.29 is 174 Å². The van der Waals surface area contributed by atoms with Crippen molar-refractivity contribution >= 4 is 24.0 Å². The van der Waals surface area contributed by atoms with Gasteiger partial charge in [-0.25, -0.2) is 0 Å². The fraction of sp³-hybridized carbons (Fsp3) is 1.00. The molecular formula is C54H94INO35. The molecule has 532 valence electrons. The highest BCUT2D eigenvalue weighted by atomic mass is 127. The Bertz CT molecular complexity index is 1880. The van der Waals surface area contributed by atoms with E-state index in [0.717, 1.165) is 6.04 Å². The number of likely N-dealkylation sites (tertiary alicyclic amines) is 1. The summed E-state index contributed by atoms with van der Waals surface area (Å²) in [7, 11) is 0. The molecule has 91 heavy (non-hydrogen) atoms. The molecule has 0 radical (unpaired) electrons. The van der Waals surface area contributed by atoms with Gasteiger partial charge in [0.2, 0.25) is 0 Å². The lowest BCUT2D eigenvalue weighted by Crippen LogP contribution is -2.68. The molecule has 0 aromatic rings. The average Bonchev–Trinajstić information content (AvgIpc) is 1.80. The fourth-order valence-electron chi connectivity index (χ4n) is 14.4. The number of aliphatic hydroxyl groups is 21. The van der Waals surface area contributed by atoms with E-state index in [9.17, 15) is 107 Å². The number of aliphatic hydroxyl groups excluding tert-OH is 21. The topological polar surface area (TPSA) is 557 Å². The van der Waals surface area contributed by atoms with Crippen LogP contribution in [0.2, 0.25) is 0 Å². The predicted molar refractivity (Wildman–Crippen MR) is 301 cm³/mol. The molecule has 23 fully saturated rings. The van der Waals surface area contributed by atoms with Crippen molar-refractivity contribution in [2.24, 2.45) is 10.8 Å². The van der Waals surface area contributed by atoms with Crippen LogP contribution in [-0.4, -0.2) is 392 Å². The highest BCUT2D eigenvalue weighted by Gasteiger charge is 2.60. The summed E-state index contributed by atoms with van der Waals surface area (Å²) in [6.45, 7) is 4.93. The van der Waals surface area contributed by atoms with Crippen molar-refractivity contribution in [1.29, 1.82) is 0 Å². The second-order valence-electron chi connectivity index (χ2n) is 25.9. The Morgan fingerprint density at radius 1 is 0.297 bits per heavy atom. The van der Waals surface area contributed by atoms with E-state index < -0.39 is 261 Å². The molecule has 22 saturated heterocycles. The van der Waals surface area contributed by atoms with Gasteiger partial charge >= 0.3 is 0 Å². The van der Waals surface area contributed by atoms with Crippen LogP contribution in [0.4, 0.5) is 0 Å². The molecule has 1 aliphatic carbocycles. The van der Waals surface area contributed by atoms with Gasteiger partial charge in [-0.1, -0.05) is 27.7 Å². The Morgan fingerprint density at radius 3 is 0.648 bits per heavy atom. The number of hydrogen-bond donors (Lipinski definition) is 21. The minimum Gasteiger partial charge on any atom is -0.394 e. The molecule has 36 nitrogen and oxygen atoms in total. The Balaban J connectivity index is 0.000000673. The van der Waals surface area contributed by atoms with Crippen LogP contribution in [0.25, 0.3) is 0 Å². The van der Waals surface area contributed by atoms with Gasteiger partial charge in [0.1, 0.15) is 171 Å². The maximum Gasteiger partial charge on any atom is 0.187 e. The molecule has 0 spiro atoms. The Hall–Kier alpha value is -0.710. The van der Waals surface area contributed by atoms with E-state index in [2.05, 4.69) is 32.6 Å². The van der Waals surface area contributed by atoms with Gasteiger partial charge in [0, 0.05) is 12.6 Å². The normalized spacial score (nSPS) is 53.1. The van der Waals surface area contributed by atoms with Crippen LogP contribution in [0, 0.1) is 10.8 Å². The van der Waals surface area contributed by atoms with Crippen LogP contribution in [0.3, 0.4) is 0 Å². The van der Waals surface area contributed by atoms with Crippen molar-refractivity contribution in [2.75, 3.05) is 59.3 Å². The lowest BCUT2D eigenvalue weighted by molar-refractivity contribution is -0.396. The molecule has 16 bridgehead atoms. The molecule has 0 aromatic heterocycles. The summed E-state index contributed by atoms with van der Waals surface area (Å²) >= 11 is 0. The van der Waals surface area contributed by atoms with Crippen molar-refractivity contribution in [2.45, 2.75) is 268 Å². The molecule has 37 heteroatoms. The van der Waals surface area contributed by atoms with Gasteiger partial charge in [-0.05, 0) is 36.6 Å². The molecule has 0 aromatic carbocycles. The summed E-state index contributed by atoms with van der Waals surface area (Å²) in [5, 5.41) is 230. The monoisotopic (exact) mass is 1440 g/mol. The van der Waals surface area contributed by atoms with Crippen LogP contribution in [0.5, 0.6) is 0 Å². The number of fused-ring (bicyclic) bond motifs is 2. The first kappa shape index (κ1) is 76.1. The molecular weight excluding hydrogens is 1350 g/mol. The van der Waals surface area contributed by atoms with Crippen LogP contribution in [0.1, 0.15) is 47.0 Å². The van der Waals surface area contributed by atoms with Crippen molar-refractivity contribution in [3.05, 3.63) is 0 Å². The largest absolute Gasteiger partial charge is 0.394 e. The van der Waals surface area contributed by atoms with Crippen LogP contribution in [0.15, 0.2) is 0 Å². The zero-order valence-corrected chi connectivity index (χ0v) is 52.6. The zero-order valence-electron chi connectivity index (χ0n) is 50.2. The third-order valence-electron chi connectivity index (χ3n) is 18.7. The molecule has 21 N–H and O–H groups in total. The first-order valence-electron chi connectivity index (χ1n) is 30.3. The number of hydrogen-bond acceptors (Lipinski definition) is 36.